The lowest BCUT2D eigenvalue weighted by Gasteiger charge is -2.11. The monoisotopic (exact) mass is 421 g/mol. The number of para-hydroxylation sites is 1. The third kappa shape index (κ3) is 5.20. The van der Waals surface area contributed by atoms with Crippen LogP contribution in [-0.2, 0) is 22.1 Å². The van der Waals surface area contributed by atoms with Gasteiger partial charge in [0.2, 0.25) is 0 Å². The fourth-order valence-electron chi connectivity index (χ4n) is 2.68. The summed E-state index contributed by atoms with van der Waals surface area (Å²) in [6.07, 6.45) is 1.22. The van der Waals surface area contributed by atoms with Crippen molar-refractivity contribution in [1.82, 2.24) is 5.32 Å². The summed E-state index contributed by atoms with van der Waals surface area (Å²) in [7, 11) is -3.67. The zero-order chi connectivity index (χ0) is 20.9. The molecule has 0 spiro atoms. The number of alkyl halides is 2. The average Bonchev–Trinajstić information content (AvgIpc) is 3.15. The van der Waals surface area contributed by atoms with Gasteiger partial charge < -0.3 is 14.5 Å². The molecule has 1 heterocycles. The lowest BCUT2D eigenvalue weighted by Crippen LogP contribution is -2.24. The van der Waals surface area contributed by atoms with Crippen molar-refractivity contribution in [2.75, 3.05) is 0 Å². The molecule has 29 heavy (non-hydrogen) atoms. The number of furan rings is 1. The van der Waals surface area contributed by atoms with Gasteiger partial charge in [0, 0.05) is 17.7 Å². The van der Waals surface area contributed by atoms with Gasteiger partial charge in [-0.15, -0.1) is 0 Å². The summed E-state index contributed by atoms with van der Waals surface area (Å²) >= 11 is 0. The second-order valence-electron chi connectivity index (χ2n) is 6.02. The Kier molecular flexibility index (Phi) is 6.28. The first-order chi connectivity index (χ1) is 13.9. The average molecular weight is 421 g/mol. The van der Waals surface area contributed by atoms with Gasteiger partial charge in [0.25, 0.3) is 5.91 Å². The van der Waals surface area contributed by atoms with Gasteiger partial charge in [-0.1, -0.05) is 36.4 Å². The van der Waals surface area contributed by atoms with Crippen molar-refractivity contribution in [3.05, 3.63) is 83.8 Å². The molecule has 0 aliphatic heterocycles. The predicted molar refractivity (Wildman–Crippen MR) is 100 cm³/mol. The lowest BCUT2D eigenvalue weighted by molar-refractivity contribution is -0.0504. The highest BCUT2D eigenvalue weighted by Crippen LogP contribution is 2.22. The molecule has 9 heteroatoms. The number of ether oxygens (including phenoxy) is 1. The Hall–Kier alpha value is -3.20. The van der Waals surface area contributed by atoms with E-state index >= 15 is 0 Å². The van der Waals surface area contributed by atoms with E-state index in [4.69, 9.17) is 4.42 Å². The summed E-state index contributed by atoms with van der Waals surface area (Å²) in [6, 6.07) is 15.3. The summed E-state index contributed by atoms with van der Waals surface area (Å²) < 4.78 is 59.6. The van der Waals surface area contributed by atoms with Crippen LogP contribution in [-0.4, -0.2) is 20.9 Å². The van der Waals surface area contributed by atoms with Crippen LogP contribution in [0.5, 0.6) is 5.75 Å². The van der Waals surface area contributed by atoms with Gasteiger partial charge in [0.1, 0.15) is 5.75 Å². The SMILES string of the molecule is O=C(NCc1ccccc1OC(F)F)c1occc1CS(=O)(=O)c1ccccc1. The minimum absolute atomic E-state index is 0.0610. The first-order valence-corrected chi connectivity index (χ1v) is 10.2. The molecule has 3 rings (SSSR count). The van der Waals surface area contributed by atoms with Crippen molar-refractivity contribution >= 4 is 15.7 Å². The van der Waals surface area contributed by atoms with Crippen molar-refractivity contribution < 1.29 is 31.1 Å². The molecule has 0 bridgehead atoms. The predicted octanol–water partition coefficient (Wildman–Crippen LogP) is 3.78. The maximum Gasteiger partial charge on any atom is 0.387 e. The number of hydrogen-bond donors (Lipinski definition) is 1. The van der Waals surface area contributed by atoms with E-state index in [0.717, 1.165) is 0 Å². The molecule has 0 atom stereocenters. The first-order valence-electron chi connectivity index (χ1n) is 8.52. The van der Waals surface area contributed by atoms with Gasteiger partial charge in [-0.25, -0.2) is 8.42 Å². The third-order valence-electron chi connectivity index (χ3n) is 4.03. The number of nitrogens with one attached hydrogen (secondary N) is 1. The molecule has 0 aliphatic carbocycles. The number of rotatable bonds is 8. The van der Waals surface area contributed by atoms with E-state index in [2.05, 4.69) is 10.1 Å². The summed E-state index contributed by atoms with van der Waals surface area (Å²) in [5.74, 6) is -1.30. The number of benzene rings is 2. The molecule has 0 aliphatic rings. The molecule has 0 fully saturated rings. The van der Waals surface area contributed by atoms with Crippen LogP contribution < -0.4 is 10.1 Å². The molecule has 0 radical (unpaired) electrons. The zero-order valence-electron chi connectivity index (χ0n) is 15.0. The molecule has 2 aromatic carbocycles. The highest BCUT2D eigenvalue weighted by atomic mass is 32.2. The third-order valence-corrected chi connectivity index (χ3v) is 5.71. The van der Waals surface area contributed by atoms with Crippen molar-refractivity contribution in [3.63, 3.8) is 0 Å². The second kappa shape index (κ2) is 8.87. The second-order valence-corrected chi connectivity index (χ2v) is 8.01. The minimum atomic E-state index is -3.67. The largest absolute Gasteiger partial charge is 0.459 e. The van der Waals surface area contributed by atoms with Crippen molar-refractivity contribution in [2.45, 2.75) is 23.8 Å². The zero-order valence-corrected chi connectivity index (χ0v) is 15.9. The first kappa shape index (κ1) is 20.5. The highest BCUT2D eigenvalue weighted by molar-refractivity contribution is 7.90. The Morgan fingerprint density at radius 1 is 1.00 bits per heavy atom. The van der Waals surface area contributed by atoms with E-state index in [1.165, 1.54) is 42.7 Å². The maximum atomic E-state index is 12.5. The molecule has 1 aromatic heterocycles. The van der Waals surface area contributed by atoms with Crippen LogP contribution in [0.2, 0.25) is 0 Å². The van der Waals surface area contributed by atoms with E-state index in [1.54, 1.807) is 24.3 Å². The Balaban J connectivity index is 1.72. The fourth-order valence-corrected chi connectivity index (χ4v) is 4.06. The maximum absolute atomic E-state index is 12.5. The van der Waals surface area contributed by atoms with Crippen LogP contribution in [0.15, 0.2) is 76.2 Å². The molecule has 1 N–H and O–H groups in total. The number of sulfone groups is 1. The van der Waals surface area contributed by atoms with E-state index in [1.807, 2.05) is 0 Å². The van der Waals surface area contributed by atoms with Gasteiger partial charge >= 0.3 is 6.61 Å². The Morgan fingerprint density at radius 3 is 2.41 bits per heavy atom. The van der Waals surface area contributed by atoms with Crippen LogP contribution in [0.25, 0.3) is 0 Å². The van der Waals surface area contributed by atoms with Crippen LogP contribution >= 0.6 is 0 Å². The van der Waals surface area contributed by atoms with Crippen LogP contribution in [0.3, 0.4) is 0 Å². The van der Waals surface area contributed by atoms with Crippen LogP contribution in [0.4, 0.5) is 8.78 Å². The lowest BCUT2D eigenvalue weighted by atomic mass is 10.2. The van der Waals surface area contributed by atoms with Crippen molar-refractivity contribution in [1.29, 1.82) is 0 Å². The Morgan fingerprint density at radius 2 is 1.69 bits per heavy atom. The summed E-state index contributed by atoms with van der Waals surface area (Å²) in [5.41, 5.74) is 0.537. The van der Waals surface area contributed by atoms with E-state index < -0.39 is 28.1 Å². The molecule has 0 saturated carbocycles. The topological polar surface area (TPSA) is 85.6 Å². The van der Waals surface area contributed by atoms with Gasteiger partial charge in [-0.2, -0.15) is 8.78 Å². The van der Waals surface area contributed by atoms with Crippen molar-refractivity contribution in [3.8, 4) is 5.75 Å². The van der Waals surface area contributed by atoms with Crippen molar-refractivity contribution in [2.24, 2.45) is 0 Å². The standard InChI is InChI=1S/C20H17F2NO5S/c21-20(22)28-17-9-5-4-6-14(17)12-23-19(24)18-15(10-11-27-18)13-29(25,26)16-7-2-1-3-8-16/h1-11,20H,12-13H2,(H,23,24). The molecular formula is C20H17F2NO5S. The summed E-state index contributed by atoms with van der Waals surface area (Å²) in [5, 5.41) is 2.53. The number of halogens is 2. The fraction of sp³-hybridized carbons (Fsp3) is 0.150. The van der Waals surface area contributed by atoms with Crippen LogP contribution in [0, 0.1) is 0 Å². The van der Waals surface area contributed by atoms with E-state index in [-0.39, 0.29) is 28.5 Å². The number of amides is 1. The molecule has 0 saturated heterocycles. The molecule has 0 unspecified atom stereocenters. The van der Waals surface area contributed by atoms with Gasteiger partial charge in [0.15, 0.2) is 15.6 Å². The summed E-state index contributed by atoms with van der Waals surface area (Å²) in [4.78, 5) is 12.6. The summed E-state index contributed by atoms with van der Waals surface area (Å²) in [6.45, 7) is -3.10. The number of carbonyl (C=O) groups excluding carboxylic acids is 1. The van der Waals surface area contributed by atoms with E-state index in [9.17, 15) is 22.0 Å². The van der Waals surface area contributed by atoms with Crippen LogP contribution in [0.1, 0.15) is 21.7 Å². The smallest absolute Gasteiger partial charge is 0.387 e. The highest BCUT2D eigenvalue weighted by Gasteiger charge is 2.22. The number of hydrogen-bond acceptors (Lipinski definition) is 5. The molecular weight excluding hydrogens is 404 g/mol. The number of carbonyl (C=O) groups is 1. The molecule has 152 valence electrons. The molecule has 1 amide bonds. The van der Waals surface area contributed by atoms with Gasteiger partial charge in [-0.05, 0) is 24.3 Å². The quantitative estimate of drug-likeness (QED) is 0.598. The normalized spacial score (nSPS) is 11.4. The molecule has 3 aromatic rings. The Bertz CT molecular complexity index is 1080. The molecule has 6 nitrogen and oxygen atoms in total. The van der Waals surface area contributed by atoms with Gasteiger partial charge in [-0.3, -0.25) is 4.79 Å². The van der Waals surface area contributed by atoms with E-state index in [0.29, 0.717) is 5.56 Å². The van der Waals surface area contributed by atoms with Gasteiger partial charge in [0.05, 0.1) is 16.9 Å². The minimum Gasteiger partial charge on any atom is -0.459 e. The Labute approximate surface area is 166 Å².